The van der Waals surface area contributed by atoms with Crippen molar-refractivity contribution in [2.45, 2.75) is 122 Å². The number of hydrogen-bond donors (Lipinski definition) is 0. The third-order valence-electron chi connectivity index (χ3n) is 10.5. The van der Waals surface area contributed by atoms with Crippen molar-refractivity contribution in [3.05, 3.63) is 121 Å². The highest BCUT2D eigenvalue weighted by atomic mass is 16.5. The average molecular weight is 796 g/mol. The van der Waals surface area contributed by atoms with Gasteiger partial charge in [-0.2, -0.15) is 5.26 Å². The Morgan fingerprint density at radius 3 is 1.32 bits per heavy atom. The normalized spacial score (nSPS) is 10.9. The summed E-state index contributed by atoms with van der Waals surface area (Å²) in [5.41, 5.74) is 5.13. The van der Waals surface area contributed by atoms with E-state index in [1.807, 2.05) is 97.3 Å². The van der Waals surface area contributed by atoms with Crippen LogP contribution < -0.4 is 18.9 Å². The largest absolute Gasteiger partial charge is 0.494 e. The maximum atomic E-state index is 8.99. The van der Waals surface area contributed by atoms with Crippen LogP contribution in [0, 0.1) is 11.3 Å². The van der Waals surface area contributed by atoms with Gasteiger partial charge >= 0.3 is 0 Å². The summed E-state index contributed by atoms with van der Waals surface area (Å²) in [4.78, 5) is 9.23. The molecule has 0 radical (unpaired) electrons. The molecule has 0 fully saturated rings. The summed E-state index contributed by atoms with van der Waals surface area (Å²) in [7, 11) is 0. The molecule has 7 heteroatoms. The molecule has 1 aromatic heterocycles. The summed E-state index contributed by atoms with van der Waals surface area (Å²) < 4.78 is 24.0. The van der Waals surface area contributed by atoms with Crippen molar-refractivity contribution in [3.8, 4) is 51.6 Å². The number of hydrogen-bond acceptors (Lipinski definition) is 7. The molecule has 4 aromatic carbocycles. The first-order valence-electron chi connectivity index (χ1n) is 22.3. The Morgan fingerprint density at radius 1 is 0.441 bits per heavy atom. The Bertz CT molecular complexity index is 1890. The molecule has 0 unspecified atom stereocenters. The van der Waals surface area contributed by atoms with Crippen molar-refractivity contribution in [3.63, 3.8) is 0 Å². The molecule has 1 heterocycles. The predicted octanol–water partition coefficient (Wildman–Crippen LogP) is 13.8. The number of unbranched alkanes of at least 4 members (excludes halogenated alkanes) is 14. The van der Waals surface area contributed by atoms with E-state index in [0.717, 1.165) is 123 Å². The fraction of sp³-hybridized carbons (Fsp3) is 0.442. The minimum atomic E-state index is 0.673. The first-order chi connectivity index (χ1) is 29.2. The summed E-state index contributed by atoms with van der Waals surface area (Å²) in [5.74, 6) is 4.30. The van der Waals surface area contributed by atoms with Crippen molar-refractivity contribution in [1.29, 1.82) is 5.26 Å². The van der Waals surface area contributed by atoms with Gasteiger partial charge in [0.25, 0.3) is 0 Å². The molecule has 0 bridgehead atoms. The van der Waals surface area contributed by atoms with Crippen LogP contribution in [-0.4, -0.2) is 36.4 Å². The third-order valence-corrected chi connectivity index (χ3v) is 10.5. The van der Waals surface area contributed by atoms with Crippen LogP contribution >= 0.6 is 0 Å². The van der Waals surface area contributed by atoms with E-state index < -0.39 is 0 Å². The molecule has 0 aliphatic carbocycles. The molecular formula is C52H65N3O4. The lowest BCUT2D eigenvalue weighted by Crippen LogP contribution is -2.00. The second-order valence-corrected chi connectivity index (χ2v) is 15.4. The zero-order valence-electron chi connectivity index (χ0n) is 35.4. The first kappa shape index (κ1) is 44.7. The van der Waals surface area contributed by atoms with Gasteiger partial charge in [-0.15, -0.1) is 0 Å². The lowest BCUT2D eigenvalue weighted by molar-refractivity contribution is 0.285. The van der Waals surface area contributed by atoms with E-state index in [1.165, 1.54) is 69.8 Å². The number of nitriles is 1. The molecule has 5 aromatic rings. The minimum absolute atomic E-state index is 0.673. The van der Waals surface area contributed by atoms with Gasteiger partial charge in [-0.25, -0.2) is 9.97 Å². The predicted molar refractivity (Wildman–Crippen MR) is 240 cm³/mol. The third kappa shape index (κ3) is 17.6. The van der Waals surface area contributed by atoms with Crippen LogP contribution in [0.15, 0.2) is 109 Å². The second-order valence-electron chi connectivity index (χ2n) is 15.4. The van der Waals surface area contributed by atoms with Gasteiger partial charge in [0.1, 0.15) is 23.0 Å². The number of ether oxygens (including phenoxy) is 4. The summed E-state index contributed by atoms with van der Waals surface area (Å²) in [6, 6.07) is 34.1. The Morgan fingerprint density at radius 2 is 0.847 bits per heavy atom. The highest BCUT2D eigenvalue weighted by molar-refractivity contribution is 5.65. The van der Waals surface area contributed by atoms with Crippen molar-refractivity contribution >= 4 is 0 Å². The van der Waals surface area contributed by atoms with Crippen molar-refractivity contribution < 1.29 is 18.9 Å². The quantitative estimate of drug-likeness (QED) is 0.0428. The minimum Gasteiger partial charge on any atom is -0.494 e. The molecule has 0 amide bonds. The van der Waals surface area contributed by atoms with Gasteiger partial charge in [-0.1, -0.05) is 114 Å². The van der Waals surface area contributed by atoms with Crippen LogP contribution in [0.5, 0.6) is 23.0 Å². The Balaban J connectivity index is 0.814. The molecule has 0 saturated carbocycles. The second kappa shape index (κ2) is 27.4. The van der Waals surface area contributed by atoms with Gasteiger partial charge in [0.05, 0.1) is 38.1 Å². The van der Waals surface area contributed by atoms with E-state index in [2.05, 4.69) is 35.1 Å². The van der Waals surface area contributed by atoms with Gasteiger partial charge in [0, 0.05) is 24.0 Å². The summed E-state index contributed by atoms with van der Waals surface area (Å²) in [6.45, 7) is 5.16. The first-order valence-corrected chi connectivity index (χ1v) is 22.3. The molecule has 0 spiro atoms. The van der Waals surface area contributed by atoms with E-state index in [-0.39, 0.29) is 0 Å². The molecule has 0 aliphatic heterocycles. The molecular weight excluding hydrogens is 731 g/mol. The van der Waals surface area contributed by atoms with Gasteiger partial charge < -0.3 is 18.9 Å². The maximum absolute atomic E-state index is 8.99. The van der Waals surface area contributed by atoms with Crippen molar-refractivity contribution in [2.75, 3.05) is 26.4 Å². The summed E-state index contributed by atoms with van der Waals surface area (Å²) >= 11 is 0. The maximum Gasteiger partial charge on any atom is 0.159 e. The highest BCUT2D eigenvalue weighted by Crippen LogP contribution is 2.24. The van der Waals surface area contributed by atoms with Crippen LogP contribution in [-0.2, 0) is 6.42 Å². The smallest absolute Gasteiger partial charge is 0.159 e. The Labute approximate surface area is 354 Å². The number of aryl methyl sites for hydroxylation is 1. The molecule has 5 rings (SSSR count). The van der Waals surface area contributed by atoms with Crippen molar-refractivity contribution in [1.82, 2.24) is 9.97 Å². The fourth-order valence-corrected chi connectivity index (χ4v) is 6.98. The molecule has 0 atom stereocenters. The van der Waals surface area contributed by atoms with Gasteiger partial charge in [0.2, 0.25) is 0 Å². The number of aromatic nitrogens is 2. The lowest BCUT2D eigenvalue weighted by atomic mass is 10.0. The molecule has 0 N–H and O–H groups in total. The van der Waals surface area contributed by atoms with Crippen molar-refractivity contribution in [2.24, 2.45) is 0 Å². The zero-order chi connectivity index (χ0) is 41.0. The molecule has 59 heavy (non-hydrogen) atoms. The summed E-state index contributed by atoms with van der Waals surface area (Å²) in [5, 5.41) is 8.99. The van der Waals surface area contributed by atoms with Crippen LogP contribution in [0.3, 0.4) is 0 Å². The molecule has 0 saturated heterocycles. The zero-order valence-corrected chi connectivity index (χ0v) is 35.4. The van der Waals surface area contributed by atoms with E-state index in [0.29, 0.717) is 5.56 Å². The topological polar surface area (TPSA) is 86.5 Å². The van der Waals surface area contributed by atoms with E-state index in [1.54, 1.807) is 0 Å². The van der Waals surface area contributed by atoms with Gasteiger partial charge in [-0.05, 0) is 116 Å². The lowest BCUT2D eigenvalue weighted by Gasteiger charge is -2.10. The highest BCUT2D eigenvalue weighted by Gasteiger charge is 2.05. The van der Waals surface area contributed by atoms with Gasteiger partial charge in [0.15, 0.2) is 5.82 Å². The van der Waals surface area contributed by atoms with Gasteiger partial charge in [-0.3, -0.25) is 0 Å². The number of nitrogens with zero attached hydrogens (tertiary/aromatic N) is 3. The van der Waals surface area contributed by atoms with E-state index in [4.69, 9.17) is 24.2 Å². The average Bonchev–Trinajstić information content (AvgIpc) is 3.28. The van der Waals surface area contributed by atoms with E-state index >= 15 is 0 Å². The standard InChI is InChI=1S/C52H65N3O4/c1-2-3-4-5-9-14-20-44-41-54-52(55-42-44)47-29-33-49(34-30-47)57-36-16-12-8-13-18-38-59-51-22-19-21-50(39-51)58-37-17-11-7-6-10-15-35-56-48-31-27-46(28-32-48)45-25-23-43(40-53)24-26-45/h19,21-34,39,41-42H,2-18,20,35-38H2,1H3. The van der Waals surface area contributed by atoms with E-state index in [9.17, 15) is 0 Å². The molecule has 312 valence electrons. The SMILES string of the molecule is CCCCCCCCc1cnc(-c2ccc(OCCCCCCCOc3cccc(OCCCCCCCCOc4ccc(-c5ccc(C#N)cc5)cc4)c3)cc2)nc1. The molecule has 7 nitrogen and oxygen atoms in total. The fourth-order valence-electron chi connectivity index (χ4n) is 6.98. The Kier molecular flexibility index (Phi) is 20.8. The van der Waals surface area contributed by atoms with Crippen LogP contribution in [0.2, 0.25) is 0 Å². The van der Waals surface area contributed by atoms with Crippen LogP contribution in [0.25, 0.3) is 22.5 Å². The number of benzene rings is 4. The number of rotatable bonds is 30. The molecule has 0 aliphatic rings. The monoisotopic (exact) mass is 795 g/mol. The van der Waals surface area contributed by atoms with Crippen LogP contribution in [0.1, 0.15) is 127 Å². The summed E-state index contributed by atoms with van der Waals surface area (Å²) in [6.07, 6.45) is 25.2. The van der Waals surface area contributed by atoms with Crippen LogP contribution in [0.4, 0.5) is 0 Å². The Hall–Kier alpha value is -5.35.